The van der Waals surface area contributed by atoms with Gasteiger partial charge in [-0.15, -0.1) is 9.24 Å². The molecule has 3 heteroatoms. The maximum atomic E-state index is 13.7. The summed E-state index contributed by atoms with van der Waals surface area (Å²) < 4.78 is 18.9. The molecule has 0 aromatic heterocycles. The number of halogens is 1. The molecule has 19 heavy (non-hydrogen) atoms. The van der Waals surface area contributed by atoms with Gasteiger partial charge in [0.25, 0.3) is 0 Å². The van der Waals surface area contributed by atoms with Crippen LogP contribution in [0.5, 0.6) is 0 Å². The third-order valence-electron chi connectivity index (χ3n) is 3.19. The van der Waals surface area contributed by atoms with E-state index in [1.54, 1.807) is 20.1 Å². The molecule has 0 spiro atoms. The summed E-state index contributed by atoms with van der Waals surface area (Å²) in [6.07, 6.45) is 0.902. The van der Waals surface area contributed by atoms with Crippen LogP contribution in [0.4, 0.5) is 4.39 Å². The Morgan fingerprint density at radius 1 is 1.16 bits per heavy atom. The van der Waals surface area contributed by atoms with Gasteiger partial charge in [0, 0.05) is 7.11 Å². The maximum absolute atomic E-state index is 13.7. The molecule has 2 aromatic rings. The molecule has 0 aliphatic rings. The van der Waals surface area contributed by atoms with Crippen LogP contribution < -0.4 is 0 Å². The van der Waals surface area contributed by atoms with Crippen LogP contribution in [-0.4, -0.2) is 7.11 Å². The van der Waals surface area contributed by atoms with E-state index in [0.29, 0.717) is 12.2 Å². The zero-order valence-corrected chi connectivity index (χ0v) is 12.4. The molecule has 2 rings (SSSR count). The Labute approximate surface area is 116 Å². The van der Waals surface area contributed by atoms with E-state index in [1.165, 1.54) is 5.56 Å². The van der Waals surface area contributed by atoms with E-state index < -0.39 is 0 Å². The van der Waals surface area contributed by atoms with Gasteiger partial charge in [-0.2, -0.15) is 0 Å². The molecule has 0 bridgehead atoms. The van der Waals surface area contributed by atoms with Crippen LogP contribution in [0.3, 0.4) is 0 Å². The second-order valence-corrected chi connectivity index (χ2v) is 5.00. The monoisotopic (exact) mass is 276 g/mol. The quantitative estimate of drug-likeness (QED) is 0.755. The first-order chi connectivity index (χ1) is 9.15. The van der Waals surface area contributed by atoms with E-state index in [9.17, 15) is 4.39 Å². The highest BCUT2D eigenvalue weighted by Gasteiger charge is 2.08. The van der Waals surface area contributed by atoms with E-state index in [2.05, 4.69) is 21.4 Å². The van der Waals surface area contributed by atoms with Crippen molar-refractivity contribution < 1.29 is 9.13 Å². The smallest absolute Gasteiger partial charge is 0.126 e. The Hall–Kier alpha value is -1.24. The number of benzene rings is 2. The first-order valence-corrected chi connectivity index (χ1v) is 7.04. The predicted molar refractivity (Wildman–Crippen MR) is 80.7 cm³/mol. The molecule has 0 saturated carbocycles. The van der Waals surface area contributed by atoms with Crippen molar-refractivity contribution in [2.45, 2.75) is 19.7 Å². The summed E-state index contributed by atoms with van der Waals surface area (Å²) in [4.78, 5) is 0. The van der Waals surface area contributed by atoms with Crippen LogP contribution in [0.2, 0.25) is 0 Å². The first kappa shape index (κ1) is 14.2. The molecule has 1 nitrogen and oxygen atoms in total. The van der Waals surface area contributed by atoms with Crippen LogP contribution in [0, 0.1) is 12.7 Å². The second-order valence-electron chi connectivity index (χ2n) is 4.59. The van der Waals surface area contributed by atoms with Gasteiger partial charge in [-0.1, -0.05) is 30.3 Å². The van der Waals surface area contributed by atoms with Crippen LogP contribution in [0.25, 0.3) is 11.1 Å². The van der Waals surface area contributed by atoms with Gasteiger partial charge in [-0.05, 0) is 47.0 Å². The van der Waals surface area contributed by atoms with Gasteiger partial charge in [0.2, 0.25) is 0 Å². The van der Waals surface area contributed by atoms with Gasteiger partial charge in [0.05, 0.1) is 6.61 Å². The minimum absolute atomic E-state index is 0.170. The molecule has 0 saturated heterocycles. The summed E-state index contributed by atoms with van der Waals surface area (Å²) in [5.74, 6) is -0.170. The van der Waals surface area contributed by atoms with E-state index >= 15 is 0 Å². The van der Waals surface area contributed by atoms with Crippen molar-refractivity contribution in [2.75, 3.05) is 7.11 Å². The molecular weight excluding hydrogens is 258 g/mol. The normalized spacial score (nSPS) is 10.7. The molecule has 1 atom stereocenters. The molecule has 0 amide bonds. The lowest BCUT2D eigenvalue weighted by molar-refractivity contribution is 0.185. The van der Waals surface area contributed by atoms with Crippen molar-refractivity contribution in [3.8, 4) is 11.1 Å². The van der Waals surface area contributed by atoms with Crippen LogP contribution in [0.1, 0.15) is 16.7 Å². The summed E-state index contributed by atoms with van der Waals surface area (Å²) in [5.41, 5.74) is 4.91. The van der Waals surface area contributed by atoms with Crippen molar-refractivity contribution in [2.24, 2.45) is 0 Å². The highest BCUT2D eigenvalue weighted by atomic mass is 31.0. The lowest BCUT2D eigenvalue weighted by Crippen LogP contribution is -1.95. The molecule has 0 N–H and O–H groups in total. The van der Waals surface area contributed by atoms with E-state index in [-0.39, 0.29) is 5.82 Å². The third kappa shape index (κ3) is 3.20. The summed E-state index contributed by atoms with van der Waals surface area (Å²) in [6.45, 7) is 2.30. The molecule has 0 radical (unpaired) electrons. The maximum Gasteiger partial charge on any atom is 0.126 e. The van der Waals surface area contributed by atoms with Gasteiger partial charge >= 0.3 is 0 Å². The molecular formula is C16H18FOP. The topological polar surface area (TPSA) is 9.23 Å². The van der Waals surface area contributed by atoms with Crippen LogP contribution in [-0.2, 0) is 17.5 Å². The minimum Gasteiger partial charge on any atom is -0.380 e. The van der Waals surface area contributed by atoms with Crippen molar-refractivity contribution >= 4 is 9.24 Å². The average Bonchev–Trinajstić information content (AvgIpc) is 2.42. The Morgan fingerprint density at radius 3 is 2.58 bits per heavy atom. The van der Waals surface area contributed by atoms with Crippen LogP contribution in [0.15, 0.2) is 36.4 Å². The number of rotatable bonds is 4. The fourth-order valence-corrected chi connectivity index (χ4v) is 2.34. The molecule has 100 valence electrons. The molecule has 2 aromatic carbocycles. The zero-order chi connectivity index (χ0) is 13.8. The average molecular weight is 276 g/mol. The lowest BCUT2D eigenvalue weighted by atomic mass is 9.97. The Kier molecular flexibility index (Phi) is 4.68. The number of methoxy groups -OCH3 is 1. The van der Waals surface area contributed by atoms with E-state index in [1.807, 2.05) is 18.2 Å². The summed E-state index contributed by atoms with van der Waals surface area (Å²) in [5, 5.41) is 0. The Balaban J connectivity index is 2.50. The van der Waals surface area contributed by atoms with Crippen LogP contribution >= 0.6 is 9.24 Å². The molecule has 1 unspecified atom stereocenters. The molecule has 0 fully saturated rings. The minimum atomic E-state index is -0.170. The standard InChI is InChI=1S/C16H18FOP/c1-11-3-5-13(8-16(11)17)15-6-4-12(10-19)7-14(15)9-18-2/h3-8H,9-10,19H2,1-2H3. The Bertz CT molecular complexity index is 581. The SMILES string of the molecule is COCc1cc(CP)ccc1-c1ccc(C)c(F)c1. The van der Waals surface area contributed by atoms with Gasteiger partial charge in [0.15, 0.2) is 0 Å². The fraction of sp³-hybridized carbons (Fsp3) is 0.250. The number of hydrogen-bond acceptors (Lipinski definition) is 1. The molecule has 0 aliphatic carbocycles. The van der Waals surface area contributed by atoms with Gasteiger partial charge < -0.3 is 4.74 Å². The largest absolute Gasteiger partial charge is 0.380 e. The van der Waals surface area contributed by atoms with Gasteiger partial charge in [0.1, 0.15) is 5.82 Å². The van der Waals surface area contributed by atoms with Gasteiger partial charge in [-0.25, -0.2) is 4.39 Å². The number of hydrogen-bond donors (Lipinski definition) is 0. The van der Waals surface area contributed by atoms with E-state index in [4.69, 9.17) is 4.74 Å². The highest BCUT2D eigenvalue weighted by Crippen LogP contribution is 2.27. The highest BCUT2D eigenvalue weighted by molar-refractivity contribution is 7.15. The van der Waals surface area contributed by atoms with E-state index in [0.717, 1.165) is 22.9 Å². The third-order valence-corrected chi connectivity index (χ3v) is 3.66. The number of ether oxygens (including phenoxy) is 1. The van der Waals surface area contributed by atoms with Crippen molar-refractivity contribution in [3.63, 3.8) is 0 Å². The van der Waals surface area contributed by atoms with Gasteiger partial charge in [-0.3, -0.25) is 0 Å². The molecule has 0 aliphatic heterocycles. The fourth-order valence-electron chi connectivity index (χ4n) is 2.09. The number of aryl methyl sites for hydroxylation is 1. The first-order valence-electron chi connectivity index (χ1n) is 6.23. The summed E-state index contributed by atoms with van der Waals surface area (Å²) in [7, 11) is 4.38. The lowest BCUT2D eigenvalue weighted by Gasteiger charge is -2.12. The van der Waals surface area contributed by atoms with Crippen molar-refractivity contribution in [1.29, 1.82) is 0 Å². The molecule has 0 heterocycles. The van der Waals surface area contributed by atoms with Crippen molar-refractivity contribution in [1.82, 2.24) is 0 Å². The predicted octanol–water partition coefficient (Wildman–Crippen LogP) is 4.32. The summed E-state index contributed by atoms with van der Waals surface area (Å²) in [6, 6.07) is 11.6. The Morgan fingerprint density at radius 2 is 1.95 bits per heavy atom. The zero-order valence-electron chi connectivity index (χ0n) is 11.2. The summed E-state index contributed by atoms with van der Waals surface area (Å²) >= 11 is 0. The second kappa shape index (κ2) is 6.27. The van der Waals surface area contributed by atoms with Crippen molar-refractivity contribution in [3.05, 3.63) is 58.9 Å².